The zero-order chi connectivity index (χ0) is 25.6. The van der Waals surface area contributed by atoms with E-state index in [1.54, 1.807) is 24.3 Å². The van der Waals surface area contributed by atoms with Crippen LogP contribution >= 0.6 is 0 Å². The van der Waals surface area contributed by atoms with Crippen molar-refractivity contribution in [3.8, 4) is 11.1 Å². The summed E-state index contributed by atoms with van der Waals surface area (Å²) in [4.78, 5) is 42.0. The van der Waals surface area contributed by atoms with Gasteiger partial charge in [-0.25, -0.2) is 4.39 Å². The second kappa shape index (κ2) is 8.78. The van der Waals surface area contributed by atoms with Crippen LogP contribution in [0.25, 0.3) is 11.1 Å². The van der Waals surface area contributed by atoms with Gasteiger partial charge in [0.05, 0.1) is 23.4 Å². The van der Waals surface area contributed by atoms with Crippen molar-refractivity contribution >= 4 is 23.4 Å². The van der Waals surface area contributed by atoms with Gasteiger partial charge in [0.25, 0.3) is 11.8 Å². The standard InChI is InChI=1S/C26H19F4N3O3/c27-20-4-2-1-3-18(20)16-7-10-21-19(13-16)25(36)33-12-11-32(14-22(33)23(34)31-21)24(35)15-5-8-17(9-6-15)26(28,29)30/h1-10,13,22H,11-12,14H2,(H,31,34). The van der Waals surface area contributed by atoms with Crippen LogP contribution in [-0.4, -0.2) is 53.2 Å². The summed E-state index contributed by atoms with van der Waals surface area (Å²) in [6.45, 7) is 0.0238. The molecule has 0 radical (unpaired) electrons. The Hall–Kier alpha value is -4.21. The Morgan fingerprint density at radius 2 is 1.64 bits per heavy atom. The zero-order valence-electron chi connectivity index (χ0n) is 18.7. The van der Waals surface area contributed by atoms with E-state index in [1.807, 2.05) is 0 Å². The Balaban J connectivity index is 1.39. The molecule has 3 aromatic carbocycles. The van der Waals surface area contributed by atoms with E-state index >= 15 is 0 Å². The number of carbonyl (C=O) groups is 3. The predicted octanol–water partition coefficient (Wildman–Crippen LogP) is 4.43. The number of halogens is 4. The van der Waals surface area contributed by atoms with E-state index in [4.69, 9.17) is 0 Å². The summed E-state index contributed by atoms with van der Waals surface area (Å²) in [6.07, 6.45) is -4.52. The quantitative estimate of drug-likeness (QED) is 0.533. The van der Waals surface area contributed by atoms with Crippen LogP contribution in [0.5, 0.6) is 0 Å². The first-order valence-electron chi connectivity index (χ1n) is 11.1. The van der Waals surface area contributed by atoms with E-state index in [9.17, 15) is 31.9 Å². The van der Waals surface area contributed by atoms with Crippen LogP contribution in [0, 0.1) is 5.82 Å². The SMILES string of the molecule is O=C1Nc2ccc(-c3ccccc3F)cc2C(=O)N2CCN(C(=O)c3ccc(C(F)(F)F)cc3)CC12. The van der Waals surface area contributed by atoms with E-state index in [-0.39, 0.29) is 36.4 Å². The number of nitrogens with one attached hydrogen (secondary N) is 1. The Labute approximate surface area is 203 Å². The highest BCUT2D eigenvalue weighted by atomic mass is 19.4. The highest BCUT2D eigenvalue weighted by molar-refractivity contribution is 6.11. The van der Waals surface area contributed by atoms with Gasteiger partial charge in [0.15, 0.2) is 0 Å². The van der Waals surface area contributed by atoms with Crippen molar-refractivity contribution in [2.24, 2.45) is 0 Å². The molecule has 6 nitrogen and oxygen atoms in total. The summed E-state index contributed by atoms with van der Waals surface area (Å²) in [7, 11) is 0. The van der Waals surface area contributed by atoms with Crippen LogP contribution in [0.1, 0.15) is 26.3 Å². The average Bonchev–Trinajstić information content (AvgIpc) is 2.97. The molecule has 1 atom stereocenters. The molecule has 5 rings (SSSR count). The molecule has 3 amide bonds. The Morgan fingerprint density at radius 3 is 2.33 bits per heavy atom. The lowest BCUT2D eigenvalue weighted by Gasteiger charge is -2.39. The minimum Gasteiger partial charge on any atom is -0.334 e. The number of benzene rings is 3. The van der Waals surface area contributed by atoms with Gasteiger partial charge in [0.1, 0.15) is 11.9 Å². The molecular formula is C26H19F4N3O3. The van der Waals surface area contributed by atoms with Crippen LogP contribution < -0.4 is 5.32 Å². The molecule has 2 heterocycles. The molecule has 3 aromatic rings. The number of hydrogen-bond acceptors (Lipinski definition) is 3. The minimum absolute atomic E-state index is 0.0483. The van der Waals surface area contributed by atoms with Gasteiger partial charge in [-0.3, -0.25) is 14.4 Å². The summed E-state index contributed by atoms with van der Waals surface area (Å²) in [5.74, 6) is -1.91. The lowest BCUT2D eigenvalue weighted by atomic mass is 10.0. The van der Waals surface area contributed by atoms with Crippen molar-refractivity contribution in [2.75, 3.05) is 25.0 Å². The lowest BCUT2D eigenvalue weighted by Crippen LogP contribution is -2.59. The third kappa shape index (κ3) is 4.19. The maximum Gasteiger partial charge on any atom is 0.416 e. The molecule has 2 aliphatic rings. The van der Waals surface area contributed by atoms with Gasteiger partial charge < -0.3 is 15.1 Å². The van der Waals surface area contributed by atoms with Crippen molar-refractivity contribution in [1.29, 1.82) is 0 Å². The van der Waals surface area contributed by atoms with E-state index in [0.29, 0.717) is 11.1 Å². The number of hydrogen-bond donors (Lipinski definition) is 1. The highest BCUT2D eigenvalue weighted by Crippen LogP contribution is 2.32. The van der Waals surface area contributed by atoms with Crippen molar-refractivity contribution < 1.29 is 31.9 Å². The molecule has 1 saturated heterocycles. The third-order valence-corrected chi connectivity index (χ3v) is 6.38. The summed E-state index contributed by atoms with van der Waals surface area (Å²) < 4.78 is 52.8. The van der Waals surface area contributed by atoms with Crippen molar-refractivity contribution in [1.82, 2.24) is 9.80 Å². The number of anilines is 1. The van der Waals surface area contributed by atoms with Crippen molar-refractivity contribution in [3.63, 3.8) is 0 Å². The van der Waals surface area contributed by atoms with Gasteiger partial charge in [0.2, 0.25) is 5.91 Å². The second-order valence-corrected chi connectivity index (χ2v) is 8.57. The monoisotopic (exact) mass is 497 g/mol. The second-order valence-electron chi connectivity index (χ2n) is 8.57. The molecule has 0 spiro atoms. The predicted molar refractivity (Wildman–Crippen MR) is 123 cm³/mol. The summed E-state index contributed by atoms with van der Waals surface area (Å²) in [5.41, 5.74) is 0.449. The number of fused-ring (bicyclic) bond motifs is 2. The van der Waals surface area contributed by atoms with Gasteiger partial charge in [-0.05, 0) is 48.0 Å². The van der Waals surface area contributed by atoms with Gasteiger partial charge in [0, 0.05) is 24.2 Å². The Bertz CT molecular complexity index is 1370. The molecule has 1 fully saturated rings. The van der Waals surface area contributed by atoms with Gasteiger partial charge >= 0.3 is 6.18 Å². The van der Waals surface area contributed by atoms with Crippen LogP contribution in [0.2, 0.25) is 0 Å². The number of amides is 3. The first-order valence-corrected chi connectivity index (χ1v) is 11.1. The first-order chi connectivity index (χ1) is 17.1. The van der Waals surface area contributed by atoms with Crippen LogP contribution in [0.3, 0.4) is 0 Å². The minimum atomic E-state index is -4.52. The maximum absolute atomic E-state index is 14.3. The normalized spacial score (nSPS) is 17.7. The molecule has 184 valence electrons. The molecule has 1 unspecified atom stereocenters. The number of nitrogens with zero attached hydrogens (tertiary/aromatic N) is 2. The summed E-state index contributed by atoms with van der Waals surface area (Å²) in [5, 5.41) is 2.71. The van der Waals surface area contributed by atoms with Gasteiger partial charge in [-0.2, -0.15) is 13.2 Å². The molecule has 0 aliphatic carbocycles. The molecule has 0 aromatic heterocycles. The Kier molecular flexibility index (Phi) is 5.74. The maximum atomic E-state index is 14.3. The number of carbonyl (C=O) groups excluding carboxylic acids is 3. The van der Waals surface area contributed by atoms with Crippen LogP contribution in [0.4, 0.5) is 23.2 Å². The highest BCUT2D eigenvalue weighted by Gasteiger charge is 2.41. The molecule has 0 bridgehead atoms. The van der Waals surface area contributed by atoms with E-state index in [2.05, 4.69) is 5.32 Å². The number of alkyl halides is 3. The fourth-order valence-corrected chi connectivity index (χ4v) is 4.48. The molecular weight excluding hydrogens is 478 g/mol. The summed E-state index contributed by atoms with van der Waals surface area (Å²) >= 11 is 0. The van der Waals surface area contributed by atoms with Crippen LogP contribution in [0.15, 0.2) is 66.7 Å². The topological polar surface area (TPSA) is 69.7 Å². The van der Waals surface area contributed by atoms with Gasteiger partial charge in [-0.15, -0.1) is 0 Å². The number of rotatable bonds is 2. The van der Waals surface area contributed by atoms with Crippen LogP contribution in [-0.2, 0) is 11.0 Å². The fourth-order valence-electron chi connectivity index (χ4n) is 4.48. The molecule has 2 aliphatic heterocycles. The molecule has 10 heteroatoms. The average molecular weight is 497 g/mol. The number of piperazine rings is 1. The lowest BCUT2D eigenvalue weighted by molar-refractivity contribution is -0.137. The van der Waals surface area contributed by atoms with Crippen molar-refractivity contribution in [3.05, 3.63) is 89.2 Å². The fraction of sp³-hybridized carbons (Fsp3) is 0.192. The first kappa shape index (κ1) is 23.5. The van der Waals surface area contributed by atoms with E-state index < -0.39 is 41.3 Å². The summed E-state index contributed by atoms with van der Waals surface area (Å²) in [6, 6.07) is 13.7. The Morgan fingerprint density at radius 1 is 0.917 bits per heavy atom. The molecule has 0 saturated carbocycles. The smallest absolute Gasteiger partial charge is 0.334 e. The molecule has 36 heavy (non-hydrogen) atoms. The van der Waals surface area contributed by atoms with Crippen molar-refractivity contribution in [2.45, 2.75) is 12.2 Å². The van der Waals surface area contributed by atoms with E-state index in [0.717, 1.165) is 24.3 Å². The third-order valence-electron chi connectivity index (χ3n) is 6.38. The molecule has 1 N–H and O–H groups in total. The largest absolute Gasteiger partial charge is 0.416 e. The zero-order valence-corrected chi connectivity index (χ0v) is 18.7. The van der Waals surface area contributed by atoms with Gasteiger partial charge in [-0.1, -0.05) is 24.3 Å². The van der Waals surface area contributed by atoms with E-state index in [1.165, 1.54) is 28.0 Å².